The summed E-state index contributed by atoms with van der Waals surface area (Å²) in [7, 11) is -7.21. The van der Waals surface area contributed by atoms with Gasteiger partial charge in [0.05, 0.1) is 15.7 Å². The summed E-state index contributed by atoms with van der Waals surface area (Å²) < 4.78 is 54.7. The van der Waals surface area contributed by atoms with Gasteiger partial charge in [-0.3, -0.25) is 4.79 Å². The van der Waals surface area contributed by atoms with Gasteiger partial charge in [0.25, 0.3) is 0 Å². The van der Waals surface area contributed by atoms with Crippen LogP contribution in [0.3, 0.4) is 0 Å². The second kappa shape index (κ2) is 10.6. The first-order valence-corrected chi connectivity index (χ1v) is 14.6. The maximum Gasteiger partial charge on any atom is 0.243 e. The molecule has 2 aliphatic heterocycles. The lowest BCUT2D eigenvalue weighted by atomic mass is 9.99. The standard InChI is InChI=1S/C24H31N3O5S2/c28-24(20-9-8-18-27(19-20)34(31,32)22-10-4-3-5-11-22)25-21-12-14-23(15-13-21)33(29,30)26-16-6-1-2-7-17-26/h3-5,10-15,20H,1-2,6-9,16-19H2,(H,25,28). The van der Waals surface area contributed by atoms with Crippen LogP contribution < -0.4 is 5.32 Å². The van der Waals surface area contributed by atoms with Gasteiger partial charge in [-0.15, -0.1) is 0 Å². The van der Waals surface area contributed by atoms with Crippen LogP contribution in [0.25, 0.3) is 0 Å². The van der Waals surface area contributed by atoms with Gasteiger partial charge in [-0.1, -0.05) is 31.0 Å². The SMILES string of the molecule is O=C(Nc1ccc(S(=O)(=O)N2CCCCCC2)cc1)C1CCCN(S(=O)(=O)c2ccccc2)C1. The lowest BCUT2D eigenvalue weighted by molar-refractivity contribution is -0.120. The zero-order valence-electron chi connectivity index (χ0n) is 19.1. The van der Waals surface area contributed by atoms with E-state index in [1.165, 1.54) is 20.7 Å². The van der Waals surface area contributed by atoms with E-state index in [9.17, 15) is 21.6 Å². The van der Waals surface area contributed by atoms with Crippen LogP contribution in [0, 0.1) is 5.92 Å². The van der Waals surface area contributed by atoms with E-state index in [0.29, 0.717) is 38.2 Å². The molecule has 0 aromatic heterocycles. The molecule has 1 atom stereocenters. The largest absolute Gasteiger partial charge is 0.326 e. The Morgan fingerprint density at radius 3 is 1.91 bits per heavy atom. The highest BCUT2D eigenvalue weighted by molar-refractivity contribution is 7.89. The van der Waals surface area contributed by atoms with Crippen molar-refractivity contribution in [3.8, 4) is 0 Å². The van der Waals surface area contributed by atoms with Gasteiger partial charge < -0.3 is 5.32 Å². The Hall–Kier alpha value is -2.27. The summed E-state index contributed by atoms with van der Waals surface area (Å²) in [6, 6.07) is 14.4. The molecule has 184 valence electrons. The van der Waals surface area contributed by atoms with Crippen LogP contribution in [-0.4, -0.2) is 57.5 Å². The molecule has 2 heterocycles. The zero-order valence-corrected chi connectivity index (χ0v) is 20.7. The molecule has 34 heavy (non-hydrogen) atoms. The van der Waals surface area contributed by atoms with E-state index in [1.54, 1.807) is 42.5 Å². The molecule has 0 aliphatic carbocycles. The topological polar surface area (TPSA) is 104 Å². The van der Waals surface area contributed by atoms with Gasteiger partial charge in [0.1, 0.15) is 0 Å². The van der Waals surface area contributed by atoms with E-state index < -0.39 is 26.0 Å². The minimum atomic E-state index is -3.65. The van der Waals surface area contributed by atoms with Gasteiger partial charge in [0.15, 0.2) is 0 Å². The Kier molecular flexibility index (Phi) is 7.71. The van der Waals surface area contributed by atoms with Crippen molar-refractivity contribution in [1.29, 1.82) is 0 Å². The predicted octanol–water partition coefficient (Wildman–Crippen LogP) is 3.29. The molecule has 0 bridgehead atoms. The van der Waals surface area contributed by atoms with E-state index in [4.69, 9.17) is 0 Å². The summed E-state index contributed by atoms with van der Waals surface area (Å²) in [6.45, 7) is 1.56. The number of carbonyl (C=O) groups excluding carboxylic acids is 1. The molecule has 0 spiro atoms. The van der Waals surface area contributed by atoms with Crippen molar-refractivity contribution in [3.05, 3.63) is 54.6 Å². The number of anilines is 1. The molecule has 2 aliphatic rings. The van der Waals surface area contributed by atoms with Gasteiger partial charge >= 0.3 is 0 Å². The second-order valence-corrected chi connectivity index (χ2v) is 12.7. The van der Waals surface area contributed by atoms with Crippen molar-refractivity contribution in [1.82, 2.24) is 8.61 Å². The van der Waals surface area contributed by atoms with Gasteiger partial charge in [-0.05, 0) is 62.1 Å². The first-order valence-electron chi connectivity index (χ1n) is 11.7. The van der Waals surface area contributed by atoms with E-state index in [1.807, 2.05) is 0 Å². The molecule has 0 radical (unpaired) electrons. The van der Waals surface area contributed by atoms with E-state index in [2.05, 4.69) is 5.32 Å². The number of benzene rings is 2. The number of carbonyl (C=O) groups is 1. The average Bonchev–Trinajstić information content (AvgIpc) is 3.15. The minimum absolute atomic E-state index is 0.116. The molecule has 1 amide bonds. The van der Waals surface area contributed by atoms with Crippen LogP contribution in [0.5, 0.6) is 0 Å². The number of nitrogens with zero attached hydrogens (tertiary/aromatic N) is 2. The molecule has 4 rings (SSSR count). The summed E-state index contributed by atoms with van der Waals surface area (Å²) in [5, 5.41) is 2.82. The van der Waals surface area contributed by atoms with Crippen molar-refractivity contribution >= 4 is 31.6 Å². The second-order valence-electron chi connectivity index (χ2n) is 8.85. The van der Waals surface area contributed by atoms with E-state index in [0.717, 1.165) is 25.7 Å². The number of nitrogens with one attached hydrogen (secondary N) is 1. The van der Waals surface area contributed by atoms with Gasteiger partial charge in [0.2, 0.25) is 26.0 Å². The first-order chi connectivity index (χ1) is 16.3. The summed E-state index contributed by atoms with van der Waals surface area (Å²) in [6.07, 6.45) is 5.01. The fourth-order valence-corrected chi connectivity index (χ4v) is 7.56. The molecule has 10 heteroatoms. The summed E-state index contributed by atoms with van der Waals surface area (Å²) in [5.74, 6) is -0.746. The van der Waals surface area contributed by atoms with Crippen LogP contribution in [0.1, 0.15) is 38.5 Å². The Balaban J connectivity index is 1.40. The Morgan fingerprint density at radius 1 is 0.706 bits per heavy atom. The molecular weight excluding hydrogens is 474 g/mol. The maximum atomic E-state index is 12.9. The molecule has 2 aromatic carbocycles. The third-order valence-electron chi connectivity index (χ3n) is 6.46. The quantitative estimate of drug-likeness (QED) is 0.649. The number of amides is 1. The van der Waals surface area contributed by atoms with Crippen LogP contribution in [-0.2, 0) is 24.8 Å². The maximum absolute atomic E-state index is 12.9. The summed E-state index contributed by atoms with van der Waals surface area (Å²) in [5.41, 5.74) is 0.489. The van der Waals surface area contributed by atoms with Crippen LogP contribution in [0.4, 0.5) is 5.69 Å². The predicted molar refractivity (Wildman–Crippen MR) is 130 cm³/mol. The van der Waals surface area contributed by atoms with Crippen LogP contribution in [0.2, 0.25) is 0 Å². The smallest absolute Gasteiger partial charge is 0.243 e. The molecule has 0 saturated carbocycles. The normalized spacial score (nSPS) is 21.0. The highest BCUT2D eigenvalue weighted by Gasteiger charge is 2.33. The molecule has 2 saturated heterocycles. The van der Waals surface area contributed by atoms with E-state index in [-0.39, 0.29) is 22.2 Å². The number of piperidine rings is 1. The van der Waals surface area contributed by atoms with Crippen LogP contribution >= 0.6 is 0 Å². The van der Waals surface area contributed by atoms with Crippen molar-refractivity contribution in [2.45, 2.75) is 48.3 Å². The van der Waals surface area contributed by atoms with Crippen molar-refractivity contribution in [2.24, 2.45) is 5.92 Å². The molecule has 8 nitrogen and oxygen atoms in total. The molecule has 2 fully saturated rings. The highest BCUT2D eigenvalue weighted by atomic mass is 32.2. The summed E-state index contributed by atoms with van der Waals surface area (Å²) >= 11 is 0. The van der Waals surface area contributed by atoms with Gasteiger partial charge in [-0.25, -0.2) is 16.8 Å². The number of sulfonamides is 2. The average molecular weight is 506 g/mol. The van der Waals surface area contributed by atoms with Crippen molar-refractivity contribution in [3.63, 3.8) is 0 Å². The zero-order chi connectivity index (χ0) is 24.2. The van der Waals surface area contributed by atoms with Crippen LogP contribution in [0.15, 0.2) is 64.4 Å². The lowest BCUT2D eigenvalue weighted by Gasteiger charge is -2.31. The first kappa shape index (κ1) is 24.8. The highest BCUT2D eigenvalue weighted by Crippen LogP contribution is 2.26. The minimum Gasteiger partial charge on any atom is -0.326 e. The van der Waals surface area contributed by atoms with Crippen molar-refractivity contribution in [2.75, 3.05) is 31.5 Å². The molecular formula is C24H31N3O5S2. The fraction of sp³-hybridized carbons (Fsp3) is 0.458. The third kappa shape index (κ3) is 5.51. The van der Waals surface area contributed by atoms with Gasteiger partial charge in [0, 0.05) is 31.9 Å². The van der Waals surface area contributed by atoms with Gasteiger partial charge in [-0.2, -0.15) is 8.61 Å². The lowest BCUT2D eigenvalue weighted by Crippen LogP contribution is -2.43. The monoisotopic (exact) mass is 505 g/mol. The van der Waals surface area contributed by atoms with E-state index >= 15 is 0 Å². The number of hydrogen-bond acceptors (Lipinski definition) is 5. The third-order valence-corrected chi connectivity index (χ3v) is 10.3. The Bertz CT molecular complexity index is 1190. The summed E-state index contributed by atoms with van der Waals surface area (Å²) in [4.78, 5) is 13.3. The molecule has 2 aromatic rings. The molecule has 1 unspecified atom stereocenters. The number of rotatable bonds is 6. The number of hydrogen-bond donors (Lipinski definition) is 1. The molecule has 1 N–H and O–H groups in total. The van der Waals surface area contributed by atoms with Crippen molar-refractivity contribution < 1.29 is 21.6 Å². The Morgan fingerprint density at radius 2 is 1.26 bits per heavy atom. The fourth-order valence-electron chi connectivity index (χ4n) is 4.50. The Labute approximate surface area is 202 Å².